The number of rotatable bonds is 5. The van der Waals surface area contributed by atoms with Crippen LogP contribution >= 0.6 is 0 Å². The van der Waals surface area contributed by atoms with Gasteiger partial charge >= 0.3 is 0 Å². The van der Waals surface area contributed by atoms with Gasteiger partial charge in [0.25, 0.3) is 0 Å². The van der Waals surface area contributed by atoms with Crippen molar-refractivity contribution in [3.8, 4) is 0 Å². The lowest BCUT2D eigenvalue weighted by molar-refractivity contribution is -0.00461. The summed E-state index contributed by atoms with van der Waals surface area (Å²) in [5.74, 6) is -0.211. The second kappa shape index (κ2) is 6.32. The number of hydrogen-bond donors (Lipinski definition) is 1. The van der Waals surface area contributed by atoms with Gasteiger partial charge in [-0.1, -0.05) is 6.07 Å². The van der Waals surface area contributed by atoms with Crippen LogP contribution in [0.25, 0.3) is 0 Å². The van der Waals surface area contributed by atoms with Crippen molar-refractivity contribution in [1.29, 1.82) is 0 Å². The number of nitrogens with two attached hydrogens (primary N) is 1. The van der Waals surface area contributed by atoms with Gasteiger partial charge in [-0.25, -0.2) is 4.39 Å². The van der Waals surface area contributed by atoms with E-state index in [4.69, 9.17) is 15.2 Å². The first-order chi connectivity index (χ1) is 9.19. The third kappa shape index (κ3) is 3.05. The van der Waals surface area contributed by atoms with Crippen LogP contribution in [0.2, 0.25) is 0 Å². The van der Waals surface area contributed by atoms with Crippen molar-refractivity contribution in [1.82, 2.24) is 0 Å². The number of benzene rings is 1. The molecule has 4 nitrogen and oxygen atoms in total. The molecule has 1 fully saturated rings. The molecule has 19 heavy (non-hydrogen) atoms. The molecule has 0 spiro atoms. The zero-order valence-corrected chi connectivity index (χ0v) is 11.4. The zero-order valence-electron chi connectivity index (χ0n) is 11.4. The Bertz CT molecular complexity index is 416. The molecular weight excluding hydrogens is 247 g/mol. The lowest BCUT2D eigenvalue weighted by Crippen LogP contribution is -2.27. The molecule has 1 aliphatic rings. The van der Waals surface area contributed by atoms with Crippen molar-refractivity contribution in [3.63, 3.8) is 0 Å². The van der Waals surface area contributed by atoms with Gasteiger partial charge < -0.3 is 20.1 Å². The summed E-state index contributed by atoms with van der Waals surface area (Å²) in [4.78, 5) is 1.96. The van der Waals surface area contributed by atoms with Crippen LogP contribution in [0.4, 0.5) is 10.1 Å². The first-order valence-corrected chi connectivity index (χ1v) is 6.48. The van der Waals surface area contributed by atoms with Gasteiger partial charge in [-0.2, -0.15) is 0 Å². The van der Waals surface area contributed by atoms with E-state index < -0.39 is 0 Å². The van der Waals surface area contributed by atoms with Crippen LogP contribution in [0.1, 0.15) is 5.56 Å². The number of methoxy groups -OCH3 is 2. The Morgan fingerprint density at radius 3 is 2.37 bits per heavy atom. The highest BCUT2D eigenvalue weighted by Crippen LogP contribution is 2.26. The lowest BCUT2D eigenvalue weighted by Gasteiger charge is -2.19. The third-order valence-corrected chi connectivity index (χ3v) is 3.61. The second-order valence-electron chi connectivity index (χ2n) is 4.78. The molecule has 2 rings (SSSR count). The smallest absolute Gasteiger partial charge is 0.146 e. The highest BCUT2D eigenvalue weighted by Gasteiger charge is 2.34. The molecule has 0 bridgehead atoms. The molecule has 106 valence electrons. The Hall–Kier alpha value is -1.17. The van der Waals surface area contributed by atoms with E-state index in [1.165, 1.54) is 0 Å². The Labute approximate surface area is 113 Å². The minimum absolute atomic E-state index is 0.0203. The molecule has 0 radical (unpaired) electrons. The molecule has 0 aromatic heterocycles. The largest absolute Gasteiger partial charge is 0.377 e. The van der Waals surface area contributed by atoms with E-state index >= 15 is 0 Å². The summed E-state index contributed by atoms with van der Waals surface area (Å²) in [5.41, 5.74) is 7.00. The number of halogens is 1. The van der Waals surface area contributed by atoms with Crippen LogP contribution in [0.15, 0.2) is 18.2 Å². The highest BCUT2D eigenvalue weighted by atomic mass is 19.1. The van der Waals surface area contributed by atoms with Gasteiger partial charge in [-0.3, -0.25) is 0 Å². The van der Waals surface area contributed by atoms with Crippen molar-refractivity contribution in [3.05, 3.63) is 29.6 Å². The van der Waals surface area contributed by atoms with Gasteiger partial charge in [-0.05, 0) is 30.7 Å². The van der Waals surface area contributed by atoms with E-state index in [1.54, 1.807) is 20.3 Å². The minimum atomic E-state index is -0.211. The molecule has 1 aromatic rings. The minimum Gasteiger partial charge on any atom is -0.377 e. The summed E-state index contributed by atoms with van der Waals surface area (Å²) < 4.78 is 24.8. The molecule has 2 atom stereocenters. The number of nitrogens with zero attached hydrogens (tertiary/aromatic N) is 1. The number of anilines is 1. The van der Waals surface area contributed by atoms with E-state index in [2.05, 4.69) is 0 Å². The maximum absolute atomic E-state index is 14.1. The number of hydrogen-bond acceptors (Lipinski definition) is 4. The fraction of sp³-hybridized carbons (Fsp3) is 0.571. The SMILES string of the molecule is COC1CN(c2ccc(CCN)cc2F)CC1OC. The Balaban J connectivity index is 2.14. The van der Waals surface area contributed by atoms with Crippen LogP contribution < -0.4 is 10.6 Å². The molecule has 0 amide bonds. The normalized spacial score (nSPS) is 23.1. The van der Waals surface area contributed by atoms with Crippen LogP contribution in [0.5, 0.6) is 0 Å². The Morgan fingerprint density at radius 1 is 1.26 bits per heavy atom. The molecule has 2 unspecified atom stereocenters. The fourth-order valence-electron chi connectivity index (χ4n) is 2.52. The molecule has 1 saturated heterocycles. The van der Waals surface area contributed by atoms with Crippen LogP contribution in [-0.2, 0) is 15.9 Å². The topological polar surface area (TPSA) is 47.7 Å². The highest BCUT2D eigenvalue weighted by molar-refractivity contribution is 5.50. The van der Waals surface area contributed by atoms with Crippen LogP contribution in [0, 0.1) is 5.82 Å². The molecule has 0 saturated carbocycles. The van der Waals surface area contributed by atoms with E-state index in [9.17, 15) is 4.39 Å². The van der Waals surface area contributed by atoms with Gasteiger partial charge in [0.1, 0.15) is 18.0 Å². The Morgan fingerprint density at radius 2 is 1.89 bits per heavy atom. The second-order valence-corrected chi connectivity index (χ2v) is 4.78. The monoisotopic (exact) mass is 268 g/mol. The predicted molar refractivity (Wildman–Crippen MR) is 73.0 cm³/mol. The van der Waals surface area contributed by atoms with Crippen LogP contribution in [-0.4, -0.2) is 46.1 Å². The summed E-state index contributed by atoms with van der Waals surface area (Å²) in [7, 11) is 3.31. The van der Waals surface area contributed by atoms with E-state index in [-0.39, 0.29) is 18.0 Å². The van der Waals surface area contributed by atoms with Gasteiger partial charge in [0.05, 0.1) is 5.69 Å². The summed E-state index contributed by atoms with van der Waals surface area (Å²) in [6.07, 6.45) is 0.653. The van der Waals surface area contributed by atoms with Crippen LogP contribution in [0.3, 0.4) is 0 Å². The van der Waals surface area contributed by atoms with E-state index in [1.807, 2.05) is 17.0 Å². The van der Waals surface area contributed by atoms with Gasteiger partial charge in [0.15, 0.2) is 0 Å². The van der Waals surface area contributed by atoms with Gasteiger partial charge in [-0.15, -0.1) is 0 Å². The predicted octanol–water partition coefficient (Wildman–Crippen LogP) is 1.18. The maximum Gasteiger partial charge on any atom is 0.146 e. The standard InChI is InChI=1S/C14H21FN2O2/c1-18-13-8-17(9-14(13)19-2)12-4-3-10(5-6-16)7-11(12)15/h3-4,7,13-14H,5-6,8-9,16H2,1-2H3. The van der Waals surface area contributed by atoms with Crippen molar-refractivity contribution in [2.45, 2.75) is 18.6 Å². The molecule has 1 aromatic carbocycles. The molecule has 0 aliphatic carbocycles. The molecule has 1 heterocycles. The average Bonchev–Trinajstić information content (AvgIpc) is 2.82. The molecular formula is C14H21FN2O2. The van der Waals surface area contributed by atoms with Gasteiger partial charge in [0, 0.05) is 27.3 Å². The van der Waals surface area contributed by atoms with Crippen molar-refractivity contribution in [2.75, 3.05) is 38.8 Å². The number of ether oxygens (including phenoxy) is 2. The summed E-state index contributed by atoms with van der Waals surface area (Å²) in [5, 5.41) is 0. The van der Waals surface area contributed by atoms with Crippen molar-refractivity contribution < 1.29 is 13.9 Å². The van der Waals surface area contributed by atoms with Crippen molar-refractivity contribution in [2.24, 2.45) is 5.73 Å². The maximum atomic E-state index is 14.1. The zero-order chi connectivity index (χ0) is 13.8. The van der Waals surface area contributed by atoms with Crippen molar-refractivity contribution >= 4 is 5.69 Å². The average molecular weight is 268 g/mol. The first kappa shape index (κ1) is 14.2. The van der Waals surface area contributed by atoms with E-state index in [0.29, 0.717) is 31.7 Å². The summed E-state index contributed by atoms with van der Waals surface area (Å²) in [6.45, 7) is 1.81. The Kier molecular flexibility index (Phi) is 4.74. The van der Waals surface area contributed by atoms with E-state index in [0.717, 1.165) is 5.56 Å². The molecule has 2 N–H and O–H groups in total. The summed E-state index contributed by atoms with van der Waals surface area (Å²) in [6, 6.07) is 5.29. The molecule has 5 heteroatoms. The summed E-state index contributed by atoms with van der Waals surface area (Å²) >= 11 is 0. The lowest BCUT2D eigenvalue weighted by atomic mass is 10.1. The quantitative estimate of drug-likeness (QED) is 0.871. The fourth-order valence-corrected chi connectivity index (χ4v) is 2.52. The first-order valence-electron chi connectivity index (χ1n) is 6.48. The van der Waals surface area contributed by atoms with Gasteiger partial charge in [0.2, 0.25) is 0 Å². The third-order valence-electron chi connectivity index (χ3n) is 3.61. The molecule has 1 aliphatic heterocycles.